The Bertz CT molecular complexity index is 108. The lowest BCUT2D eigenvalue weighted by molar-refractivity contribution is 0.0498. The third-order valence-corrected chi connectivity index (χ3v) is 2.18. The quantitative estimate of drug-likeness (QED) is 0.537. The highest BCUT2D eigenvalue weighted by atomic mass is 16.5. The molecule has 0 amide bonds. The van der Waals surface area contributed by atoms with E-state index in [4.69, 9.17) is 16.2 Å². The highest BCUT2D eigenvalue weighted by molar-refractivity contribution is 4.84. The van der Waals surface area contributed by atoms with Gasteiger partial charge in [-0.25, -0.2) is 0 Å². The molecule has 60 valence electrons. The topological polar surface area (TPSA) is 61.3 Å². The summed E-state index contributed by atoms with van der Waals surface area (Å²) >= 11 is 0. The molecule has 1 saturated carbocycles. The first-order valence-corrected chi connectivity index (χ1v) is 3.78. The number of methoxy groups -OCH3 is 1. The zero-order valence-corrected chi connectivity index (χ0v) is 6.42. The fraction of sp³-hybridized carbons (Fsp3) is 1.00. The van der Waals surface area contributed by atoms with Crippen molar-refractivity contribution in [3.63, 3.8) is 0 Å². The second-order valence-electron chi connectivity index (χ2n) is 3.01. The summed E-state index contributed by atoms with van der Waals surface area (Å²) in [7, 11) is 1.71. The molecule has 3 atom stereocenters. The molecule has 1 aliphatic carbocycles. The molecule has 0 spiro atoms. The van der Waals surface area contributed by atoms with E-state index >= 15 is 0 Å². The summed E-state index contributed by atoms with van der Waals surface area (Å²) in [4.78, 5) is 0. The van der Waals surface area contributed by atoms with Crippen LogP contribution in [0.4, 0.5) is 0 Å². The van der Waals surface area contributed by atoms with Crippen molar-refractivity contribution >= 4 is 0 Å². The first-order valence-electron chi connectivity index (χ1n) is 3.78. The van der Waals surface area contributed by atoms with Crippen LogP contribution in [0.2, 0.25) is 0 Å². The molecule has 0 aliphatic heterocycles. The molecule has 0 aromatic heterocycles. The highest BCUT2D eigenvalue weighted by Crippen LogP contribution is 2.18. The zero-order valence-electron chi connectivity index (χ0n) is 6.42. The van der Waals surface area contributed by atoms with Gasteiger partial charge in [-0.05, 0) is 19.3 Å². The maximum atomic E-state index is 5.77. The van der Waals surface area contributed by atoms with Gasteiger partial charge >= 0.3 is 0 Å². The molecular weight excluding hydrogens is 128 g/mol. The first kappa shape index (κ1) is 7.98. The van der Waals surface area contributed by atoms with Crippen LogP contribution in [0.1, 0.15) is 19.3 Å². The van der Waals surface area contributed by atoms with Crippen molar-refractivity contribution in [2.24, 2.45) is 11.5 Å². The van der Waals surface area contributed by atoms with Gasteiger partial charge in [-0.3, -0.25) is 0 Å². The second-order valence-corrected chi connectivity index (χ2v) is 3.01. The van der Waals surface area contributed by atoms with Gasteiger partial charge in [0.05, 0.1) is 6.10 Å². The lowest BCUT2D eigenvalue weighted by Crippen LogP contribution is -2.45. The van der Waals surface area contributed by atoms with E-state index in [1.54, 1.807) is 7.11 Å². The van der Waals surface area contributed by atoms with Crippen molar-refractivity contribution in [2.45, 2.75) is 37.5 Å². The molecule has 1 fully saturated rings. The third-order valence-electron chi connectivity index (χ3n) is 2.18. The Balaban J connectivity index is 2.36. The Hall–Kier alpha value is -0.120. The van der Waals surface area contributed by atoms with Crippen LogP contribution in [0, 0.1) is 0 Å². The lowest BCUT2D eigenvalue weighted by atomic mass is 9.90. The van der Waals surface area contributed by atoms with E-state index in [2.05, 4.69) is 0 Å². The number of hydrogen-bond acceptors (Lipinski definition) is 3. The Morgan fingerprint density at radius 1 is 1.30 bits per heavy atom. The van der Waals surface area contributed by atoms with Crippen LogP contribution in [0.3, 0.4) is 0 Å². The SMILES string of the molecule is COC1CCC(N)CC1N. The van der Waals surface area contributed by atoms with E-state index in [1.807, 2.05) is 0 Å². The maximum Gasteiger partial charge on any atom is 0.0723 e. The van der Waals surface area contributed by atoms with Crippen molar-refractivity contribution < 1.29 is 4.74 Å². The standard InChI is InChI=1S/C7H16N2O/c1-10-7-3-2-5(8)4-6(7)9/h5-7H,2-4,8-9H2,1H3. The molecule has 3 nitrogen and oxygen atoms in total. The van der Waals surface area contributed by atoms with Crippen molar-refractivity contribution in [1.82, 2.24) is 0 Å². The minimum absolute atomic E-state index is 0.147. The third kappa shape index (κ3) is 1.68. The molecule has 1 aliphatic rings. The average molecular weight is 144 g/mol. The summed E-state index contributed by atoms with van der Waals surface area (Å²) in [5.74, 6) is 0. The molecule has 0 saturated heterocycles. The van der Waals surface area contributed by atoms with Crippen molar-refractivity contribution in [2.75, 3.05) is 7.11 Å². The molecule has 1 rings (SSSR count). The molecule has 0 bridgehead atoms. The van der Waals surface area contributed by atoms with Gasteiger partial charge in [0, 0.05) is 19.2 Å². The van der Waals surface area contributed by atoms with Crippen molar-refractivity contribution in [3.05, 3.63) is 0 Å². The normalized spacial score (nSPS) is 41.7. The number of hydrogen-bond donors (Lipinski definition) is 2. The summed E-state index contributed by atoms with van der Waals surface area (Å²) in [5, 5.41) is 0. The fourth-order valence-electron chi connectivity index (χ4n) is 1.50. The summed E-state index contributed by atoms with van der Waals surface area (Å²) in [6.45, 7) is 0. The number of ether oxygens (including phenoxy) is 1. The van der Waals surface area contributed by atoms with Crippen LogP contribution in [0.25, 0.3) is 0 Å². The smallest absolute Gasteiger partial charge is 0.0723 e. The first-order chi connectivity index (χ1) is 4.74. The van der Waals surface area contributed by atoms with E-state index in [-0.39, 0.29) is 12.1 Å². The van der Waals surface area contributed by atoms with E-state index in [0.717, 1.165) is 19.3 Å². The van der Waals surface area contributed by atoms with Gasteiger partial charge < -0.3 is 16.2 Å². The van der Waals surface area contributed by atoms with Crippen LogP contribution in [0.5, 0.6) is 0 Å². The molecule has 0 aromatic rings. The van der Waals surface area contributed by atoms with Gasteiger partial charge in [-0.2, -0.15) is 0 Å². The largest absolute Gasteiger partial charge is 0.380 e. The summed E-state index contributed by atoms with van der Waals surface area (Å²) in [6, 6.07) is 0.440. The molecule has 10 heavy (non-hydrogen) atoms. The van der Waals surface area contributed by atoms with E-state index in [0.29, 0.717) is 6.04 Å². The monoisotopic (exact) mass is 144 g/mol. The van der Waals surface area contributed by atoms with Gasteiger partial charge in [0.25, 0.3) is 0 Å². The van der Waals surface area contributed by atoms with Crippen molar-refractivity contribution in [1.29, 1.82) is 0 Å². The van der Waals surface area contributed by atoms with Gasteiger partial charge in [0.1, 0.15) is 0 Å². The van der Waals surface area contributed by atoms with E-state index in [1.165, 1.54) is 0 Å². The Morgan fingerprint density at radius 2 is 2.00 bits per heavy atom. The van der Waals surface area contributed by atoms with Crippen LogP contribution in [0.15, 0.2) is 0 Å². The van der Waals surface area contributed by atoms with Gasteiger partial charge in [0.2, 0.25) is 0 Å². The summed E-state index contributed by atoms with van der Waals surface area (Å²) in [6.07, 6.45) is 3.20. The predicted octanol–water partition coefficient (Wildman–Crippen LogP) is -0.160. The molecule has 3 heteroatoms. The van der Waals surface area contributed by atoms with E-state index < -0.39 is 0 Å². The molecule has 3 unspecified atom stereocenters. The second kappa shape index (κ2) is 3.32. The van der Waals surface area contributed by atoms with Crippen LogP contribution >= 0.6 is 0 Å². The Labute approximate surface area is 61.7 Å². The molecule has 0 aromatic carbocycles. The Kier molecular flexibility index (Phi) is 2.65. The maximum absolute atomic E-state index is 5.77. The van der Waals surface area contributed by atoms with Crippen LogP contribution < -0.4 is 11.5 Å². The minimum atomic E-state index is 0.147. The van der Waals surface area contributed by atoms with Crippen LogP contribution in [-0.2, 0) is 4.74 Å². The van der Waals surface area contributed by atoms with Crippen LogP contribution in [-0.4, -0.2) is 25.3 Å². The fourth-order valence-corrected chi connectivity index (χ4v) is 1.50. The van der Waals surface area contributed by atoms with Gasteiger partial charge in [0.15, 0.2) is 0 Å². The predicted molar refractivity (Wildman–Crippen MR) is 40.6 cm³/mol. The summed E-state index contributed by atoms with van der Waals surface area (Å²) in [5.41, 5.74) is 11.5. The zero-order chi connectivity index (χ0) is 7.56. The molecule has 0 radical (unpaired) electrons. The number of rotatable bonds is 1. The van der Waals surface area contributed by atoms with Gasteiger partial charge in [-0.15, -0.1) is 0 Å². The molecule has 4 N–H and O–H groups in total. The Morgan fingerprint density at radius 3 is 2.50 bits per heavy atom. The highest BCUT2D eigenvalue weighted by Gasteiger charge is 2.25. The minimum Gasteiger partial charge on any atom is -0.380 e. The number of nitrogens with two attached hydrogens (primary N) is 2. The van der Waals surface area contributed by atoms with Gasteiger partial charge in [-0.1, -0.05) is 0 Å². The van der Waals surface area contributed by atoms with Crippen molar-refractivity contribution in [3.8, 4) is 0 Å². The molecule has 0 heterocycles. The lowest BCUT2D eigenvalue weighted by Gasteiger charge is -2.30. The summed E-state index contributed by atoms with van der Waals surface area (Å²) < 4.78 is 5.17. The molecular formula is C7H16N2O. The van der Waals surface area contributed by atoms with E-state index in [9.17, 15) is 0 Å². The average Bonchev–Trinajstić information content (AvgIpc) is 1.88.